The summed E-state index contributed by atoms with van der Waals surface area (Å²) in [6, 6.07) is 10.9. The van der Waals surface area contributed by atoms with Gasteiger partial charge in [0.1, 0.15) is 11.4 Å². The third kappa shape index (κ3) is 5.85. The number of rotatable bonds is 8. The fourth-order valence-electron chi connectivity index (χ4n) is 3.40. The largest absolute Gasteiger partial charge is 0.493 e. The van der Waals surface area contributed by atoms with Crippen molar-refractivity contribution in [1.82, 2.24) is 0 Å². The number of fused-ring (bicyclic) bond motifs is 1. The van der Waals surface area contributed by atoms with Crippen molar-refractivity contribution in [2.75, 3.05) is 23.0 Å². The zero-order valence-corrected chi connectivity index (χ0v) is 19.1. The first-order valence-corrected chi connectivity index (χ1v) is 11.5. The normalized spacial score (nSPS) is 15.3. The number of carbonyl (C=O) groups is 2. The van der Waals surface area contributed by atoms with Gasteiger partial charge in [-0.2, -0.15) is 0 Å². The van der Waals surface area contributed by atoms with Crippen LogP contribution in [0.5, 0.6) is 5.75 Å². The smallest absolute Gasteiger partial charge is 0.412 e. The molecule has 2 N–H and O–H groups in total. The Kier molecular flexibility index (Phi) is 7.00. The van der Waals surface area contributed by atoms with Crippen LogP contribution >= 0.6 is 0 Å². The molecule has 0 fully saturated rings. The number of hydrogen-bond donors (Lipinski definition) is 2. The zero-order valence-electron chi connectivity index (χ0n) is 18.2. The summed E-state index contributed by atoms with van der Waals surface area (Å²) in [4.78, 5) is 23.5. The molecule has 31 heavy (non-hydrogen) atoms. The van der Waals surface area contributed by atoms with Gasteiger partial charge in [-0.25, -0.2) is 4.79 Å². The minimum absolute atomic E-state index is 0.135. The summed E-state index contributed by atoms with van der Waals surface area (Å²) >= 11 is 0. The van der Waals surface area contributed by atoms with Gasteiger partial charge in [0.15, 0.2) is 0 Å². The number of ether oxygens (including phenoxy) is 2. The van der Waals surface area contributed by atoms with Crippen LogP contribution in [0.1, 0.15) is 44.7 Å². The monoisotopic (exact) mass is 444 g/mol. The van der Waals surface area contributed by atoms with E-state index in [2.05, 4.69) is 10.6 Å². The van der Waals surface area contributed by atoms with Crippen LogP contribution in [0.15, 0.2) is 41.3 Å². The number of aryl methyl sites for hydroxylation is 1. The van der Waals surface area contributed by atoms with E-state index in [0.29, 0.717) is 18.0 Å². The Labute approximate surface area is 185 Å². The first-order chi connectivity index (χ1) is 14.7. The highest BCUT2D eigenvalue weighted by Crippen LogP contribution is 2.39. The Morgan fingerprint density at radius 1 is 1.19 bits per heavy atom. The maximum Gasteiger partial charge on any atom is 0.412 e. The Hall–Kier alpha value is -2.87. The van der Waals surface area contributed by atoms with E-state index in [-0.39, 0.29) is 5.91 Å². The van der Waals surface area contributed by atoms with E-state index in [1.807, 2.05) is 32.9 Å². The van der Waals surface area contributed by atoms with Crippen LogP contribution in [0.25, 0.3) is 0 Å². The molecule has 0 saturated carbocycles. The van der Waals surface area contributed by atoms with Crippen LogP contribution in [0.4, 0.5) is 16.2 Å². The molecular weight excluding hydrogens is 416 g/mol. The molecule has 0 radical (unpaired) electrons. The van der Waals surface area contributed by atoms with E-state index in [1.54, 1.807) is 24.3 Å². The Morgan fingerprint density at radius 2 is 1.90 bits per heavy atom. The molecule has 0 aliphatic carbocycles. The van der Waals surface area contributed by atoms with Gasteiger partial charge in [0.2, 0.25) is 5.91 Å². The van der Waals surface area contributed by atoms with Gasteiger partial charge < -0.3 is 14.8 Å². The number of amides is 2. The highest BCUT2D eigenvalue weighted by Gasteiger charge is 2.34. The van der Waals surface area contributed by atoms with E-state index < -0.39 is 22.5 Å². The maximum absolute atomic E-state index is 12.5. The van der Waals surface area contributed by atoms with Gasteiger partial charge in [-0.05, 0) is 75.6 Å². The Bertz CT molecular complexity index is 1000. The maximum atomic E-state index is 12.5. The SMILES string of the molecule is CC(=O)Nc1ccc(S(=O)CCCCOc2cc3c(cc2C)NC(=O)OC3(C)C)cc1. The van der Waals surface area contributed by atoms with Crippen LogP contribution in [-0.4, -0.2) is 28.6 Å². The van der Waals surface area contributed by atoms with Crippen molar-refractivity contribution in [1.29, 1.82) is 0 Å². The van der Waals surface area contributed by atoms with Gasteiger partial charge in [-0.1, -0.05) is 0 Å². The average molecular weight is 445 g/mol. The van der Waals surface area contributed by atoms with Crippen molar-refractivity contribution in [3.8, 4) is 5.75 Å². The Morgan fingerprint density at radius 3 is 2.58 bits per heavy atom. The van der Waals surface area contributed by atoms with Crippen LogP contribution in [0.2, 0.25) is 0 Å². The van der Waals surface area contributed by atoms with Crippen molar-refractivity contribution in [2.45, 2.75) is 51.0 Å². The van der Waals surface area contributed by atoms with Gasteiger partial charge in [-0.3, -0.25) is 14.3 Å². The average Bonchev–Trinajstić information content (AvgIpc) is 2.67. The molecule has 2 amide bonds. The molecule has 7 nitrogen and oxygen atoms in total. The lowest BCUT2D eigenvalue weighted by atomic mass is 9.93. The van der Waals surface area contributed by atoms with E-state index in [9.17, 15) is 13.8 Å². The van der Waals surface area contributed by atoms with Crippen LogP contribution in [-0.2, 0) is 25.9 Å². The summed E-state index contributed by atoms with van der Waals surface area (Å²) in [6.45, 7) is 7.59. The van der Waals surface area contributed by atoms with Crippen molar-refractivity contribution in [2.24, 2.45) is 0 Å². The number of hydrogen-bond acceptors (Lipinski definition) is 5. The van der Waals surface area contributed by atoms with E-state index in [4.69, 9.17) is 9.47 Å². The second kappa shape index (κ2) is 9.51. The van der Waals surface area contributed by atoms with Crippen molar-refractivity contribution >= 4 is 34.2 Å². The molecule has 0 spiro atoms. The molecular formula is C23H28N2O5S. The summed E-state index contributed by atoms with van der Waals surface area (Å²) < 4.78 is 23.8. The third-order valence-corrected chi connectivity index (χ3v) is 6.42. The van der Waals surface area contributed by atoms with Crippen LogP contribution in [0.3, 0.4) is 0 Å². The molecule has 0 bridgehead atoms. The lowest BCUT2D eigenvalue weighted by Gasteiger charge is -2.33. The summed E-state index contributed by atoms with van der Waals surface area (Å²) in [5.41, 5.74) is 2.51. The first kappa shape index (κ1) is 22.8. The first-order valence-electron chi connectivity index (χ1n) is 10.2. The van der Waals surface area contributed by atoms with Crippen molar-refractivity contribution < 1.29 is 23.3 Å². The minimum atomic E-state index is -1.10. The number of anilines is 2. The van der Waals surface area contributed by atoms with Crippen LogP contribution in [0, 0.1) is 6.92 Å². The molecule has 1 atom stereocenters. The summed E-state index contributed by atoms with van der Waals surface area (Å²) in [6.07, 6.45) is 1.07. The lowest BCUT2D eigenvalue weighted by Crippen LogP contribution is -2.34. The molecule has 1 aliphatic rings. The standard InChI is InChI=1S/C23H28N2O5S/c1-15-13-20-19(23(3,4)30-22(27)25-20)14-21(15)29-11-5-6-12-31(28)18-9-7-17(8-10-18)24-16(2)26/h7-10,13-14H,5-6,11-12H2,1-4H3,(H,24,26)(H,25,27). The number of nitrogens with one attached hydrogen (secondary N) is 2. The molecule has 0 saturated heterocycles. The van der Waals surface area contributed by atoms with Gasteiger partial charge >= 0.3 is 6.09 Å². The molecule has 2 aromatic rings. The number of cyclic esters (lactones) is 1. The summed E-state index contributed by atoms with van der Waals surface area (Å²) in [7, 11) is -1.10. The molecule has 0 aromatic heterocycles. The zero-order chi connectivity index (χ0) is 22.6. The third-order valence-electron chi connectivity index (χ3n) is 4.97. The Balaban J connectivity index is 1.49. The molecule has 8 heteroatoms. The molecule has 166 valence electrons. The second-order valence-corrected chi connectivity index (χ2v) is 9.57. The minimum Gasteiger partial charge on any atom is -0.493 e. The van der Waals surface area contributed by atoms with E-state index in [1.165, 1.54) is 6.92 Å². The van der Waals surface area contributed by atoms with Gasteiger partial charge in [0.25, 0.3) is 0 Å². The number of carbonyl (C=O) groups excluding carboxylic acids is 2. The predicted molar refractivity (Wildman–Crippen MR) is 121 cm³/mol. The van der Waals surface area contributed by atoms with E-state index >= 15 is 0 Å². The highest BCUT2D eigenvalue weighted by atomic mass is 32.2. The van der Waals surface area contributed by atoms with Gasteiger partial charge in [-0.15, -0.1) is 0 Å². The molecule has 1 unspecified atom stereocenters. The summed E-state index contributed by atoms with van der Waals surface area (Å²) in [5, 5.41) is 5.42. The summed E-state index contributed by atoms with van der Waals surface area (Å²) in [5.74, 6) is 1.16. The molecule has 1 heterocycles. The quantitative estimate of drug-likeness (QED) is 0.575. The lowest BCUT2D eigenvalue weighted by molar-refractivity contribution is -0.114. The molecule has 3 rings (SSSR count). The van der Waals surface area contributed by atoms with Crippen molar-refractivity contribution in [3.05, 3.63) is 47.5 Å². The number of unbranched alkanes of at least 4 members (excludes halogenated alkanes) is 1. The predicted octanol–water partition coefficient (Wildman–Crippen LogP) is 4.72. The fourth-order valence-corrected chi connectivity index (χ4v) is 4.54. The van der Waals surface area contributed by atoms with Gasteiger partial charge in [0, 0.05) is 28.8 Å². The van der Waals surface area contributed by atoms with Crippen LogP contribution < -0.4 is 15.4 Å². The highest BCUT2D eigenvalue weighted by molar-refractivity contribution is 7.85. The fraction of sp³-hybridized carbons (Fsp3) is 0.391. The molecule has 2 aromatic carbocycles. The topological polar surface area (TPSA) is 93.7 Å². The molecule has 1 aliphatic heterocycles. The second-order valence-electron chi connectivity index (χ2n) is 8.00. The van der Waals surface area contributed by atoms with Crippen molar-refractivity contribution in [3.63, 3.8) is 0 Å². The van der Waals surface area contributed by atoms with E-state index in [0.717, 1.165) is 40.3 Å². The number of benzene rings is 2. The van der Waals surface area contributed by atoms with Gasteiger partial charge in [0.05, 0.1) is 23.1 Å².